The number of carbonyl (C=O) groups is 2. The molecule has 2 fully saturated rings. The summed E-state index contributed by atoms with van der Waals surface area (Å²) >= 11 is 0. The molecule has 7 nitrogen and oxygen atoms in total. The number of ether oxygens (including phenoxy) is 1. The van der Waals surface area contributed by atoms with E-state index in [1.54, 1.807) is 23.1 Å². The summed E-state index contributed by atoms with van der Waals surface area (Å²) in [4.78, 5) is 31.1. The molecule has 1 spiro atoms. The van der Waals surface area contributed by atoms with E-state index in [4.69, 9.17) is 4.74 Å². The van der Waals surface area contributed by atoms with Gasteiger partial charge in [-0.15, -0.1) is 0 Å². The van der Waals surface area contributed by atoms with Gasteiger partial charge in [0.25, 0.3) is 0 Å². The molecular formula is C24H22N4O3. The maximum absolute atomic E-state index is 13.7. The molecule has 4 heterocycles. The highest BCUT2D eigenvalue weighted by molar-refractivity contribution is 6.14. The minimum atomic E-state index is -0.633. The second-order valence-electron chi connectivity index (χ2n) is 8.78. The number of Topliss-reactive ketones (excluding diaryl/α,β-unsaturated/α-hetero) is 1. The molecular weight excluding hydrogens is 392 g/mol. The SMILES string of the molecule is Cn1cc(-c2ccc(C3(C(=O)c4cccc5c4C(=O)OC54CCNC4)CC3)cn2)cn1. The van der Waals surface area contributed by atoms with E-state index in [9.17, 15) is 9.59 Å². The molecule has 2 aliphatic heterocycles. The fraction of sp³-hybridized carbons (Fsp3) is 0.333. The average molecular weight is 414 g/mol. The average Bonchev–Trinajstić information content (AvgIpc) is 3.11. The van der Waals surface area contributed by atoms with E-state index in [-0.39, 0.29) is 11.8 Å². The van der Waals surface area contributed by atoms with Crippen molar-refractivity contribution in [1.82, 2.24) is 20.1 Å². The predicted molar refractivity (Wildman–Crippen MR) is 113 cm³/mol. The number of pyridine rings is 1. The molecule has 3 aromatic rings. The van der Waals surface area contributed by atoms with Crippen molar-refractivity contribution in [3.63, 3.8) is 0 Å². The van der Waals surface area contributed by atoms with Crippen LogP contribution in [0.1, 0.15) is 51.1 Å². The van der Waals surface area contributed by atoms with Crippen LogP contribution in [0.3, 0.4) is 0 Å². The van der Waals surface area contributed by atoms with Gasteiger partial charge in [0.15, 0.2) is 11.4 Å². The van der Waals surface area contributed by atoms with Crippen LogP contribution < -0.4 is 5.32 Å². The van der Waals surface area contributed by atoms with E-state index in [1.165, 1.54) is 0 Å². The van der Waals surface area contributed by atoms with Gasteiger partial charge in [0.1, 0.15) is 0 Å². The number of nitrogens with zero attached hydrogens (tertiary/aromatic N) is 3. The highest BCUT2D eigenvalue weighted by Crippen LogP contribution is 2.52. The first-order chi connectivity index (χ1) is 15.0. The summed E-state index contributed by atoms with van der Waals surface area (Å²) in [7, 11) is 1.87. The van der Waals surface area contributed by atoms with Crippen molar-refractivity contribution in [2.24, 2.45) is 7.05 Å². The number of benzene rings is 1. The first-order valence-corrected chi connectivity index (χ1v) is 10.6. The number of hydrogen-bond acceptors (Lipinski definition) is 6. The maximum atomic E-state index is 13.7. The molecule has 0 radical (unpaired) electrons. The minimum Gasteiger partial charge on any atom is -0.449 e. The Morgan fingerprint density at radius 2 is 2.03 bits per heavy atom. The lowest BCUT2D eigenvalue weighted by atomic mass is 9.83. The Balaban J connectivity index is 1.36. The highest BCUT2D eigenvalue weighted by atomic mass is 16.6. The zero-order valence-corrected chi connectivity index (χ0v) is 17.2. The lowest BCUT2D eigenvalue weighted by Gasteiger charge is -2.22. The number of aromatic nitrogens is 3. The Morgan fingerprint density at radius 3 is 2.68 bits per heavy atom. The molecule has 1 unspecified atom stereocenters. The molecule has 1 aromatic carbocycles. The summed E-state index contributed by atoms with van der Waals surface area (Å²) in [5.41, 5.74) is 3.17. The van der Waals surface area contributed by atoms with Crippen LogP contribution in [0.25, 0.3) is 11.3 Å². The van der Waals surface area contributed by atoms with Crippen molar-refractivity contribution in [3.05, 3.63) is 71.2 Å². The van der Waals surface area contributed by atoms with Gasteiger partial charge in [0.2, 0.25) is 0 Å². The first kappa shape index (κ1) is 18.4. The summed E-state index contributed by atoms with van der Waals surface area (Å²) in [6.45, 7) is 1.39. The number of ketones is 1. The van der Waals surface area contributed by atoms with Crippen LogP contribution in [-0.2, 0) is 22.8 Å². The zero-order chi connectivity index (χ0) is 21.2. The molecule has 7 heteroatoms. The number of carbonyl (C=O) groups excluding carboxylic acids is 2. The Kier molecular flexibility index (Phi) is 3.77. The Hall–Kier alpha value is -3.32. The summed E-state index contributed by atoms with van der Waals surface area (Å²) < 4.78 is 7.54. The van der Waals surface area contributed by atoms with Gasteiger partial charge in [-0.05, 0) is 31.0 Å². The molecule has 6 rings (SSSR count). The number of fused-ring (bicyclic) bond motifs is 2. The fourth-order valence-corrected chi connectivity index (χ4v) is 5.04. The molecule has 1 atom stereocenters. The van der Waals surface area contributed by atoms with E-state index in [1.807, 2.05) is 37.5 Å². The van der Waals surface area contributed by atoms with E-state index >= 15 is 0 Å². The van der Waals surface area contributed by atoms with Crippen LogP contribution in [0.5, 0.6) is 0 Å². The molecule has 156 valence electrons. The second kappa shape index (κ2) is 6.34. The van der Waals surface area contributed by atoms with Crippen molar-refractivity contribution < 1.29 is 14.3 Å². The van der Waals surface area contributed by atoms with Crippen molar-refractivity contribution in [1.29, 1.82) is 0 Å². The topological polar surface area (TPSA) is 86.1 Å². The van der Waals surface area contributed by atoms with Gasteiger partial charge in [-0.3, -0.25) is 14.5 Å². The quantitative estimate of drug-likeness (QED) is 0.522. The Labute approximate surface area is 179 Å². The number of esters is 1. The van der Waals surface area contributed by atoms with E-state index in [0.717, 1.165) is 48.2 Å². The highest BCUT2D eigenvalue weighted by Gasteiger charge is 2.55. The fourth-order valence-electron chi connectivity index (χ4n) is 5.04. The number of aryl methyl sites for hydroxylation is 1. The third kappa shape index (κ3) is 2.63. The normalized spacial score (nSPS) is 23.1. The molecule has 1 saturated carbocycles. The van der Waals surface area contributed by atoms with Gasteiger partial charge in [-0.1, -0.05) is 24.3 Å². The van der Waals surface area contributed by atoms with Crippen molar-refractivity contribution in [3.8, 4) is 11.3 Å². The van der Waals surface area contributed by atoms with Crippen LogP contribution >= 0.6 is 0 Å². The number of hydrogen-bond donors (Lipinski definition) is 1. The maximum Gasteiger partial charge on any atom is 0.340 e. The van der Waals surface area contributed by atoms with Crippen molar-refractivity contribution >= 4 is 11.8 Å². The third-order valence-corrected chi connectivity index (χ3v) is 6.91. The summed E-state index contributed by atoms with van der Waals surface area (Å²) in [5.74, 6) is -0.399. The number of nitrogens with one attached hydrogen (secondary N) is 1. The van der Waals surface area contributed by atoms with Gasteiger partial charge in [0, 0.05) is 49.1 Å². The van der Waals surface area contributed by atoms with Gasteiger partial charge in [-0.2, -0.15) is 5.10 Å². The molecule has 3 aliphatic rings. The van der Waals surface area contributed by atoms with E-state index in [2.05, 4.69) is 15.4 Å². The molecule has 1 aliphatic carbocycles. The van der Waals surface area contributed by atoms with Crippen LogP contribution in [0.15, 0.2) is 48.9 Å². The van der Waals surface area contributed by atoms with Gasteiger partial charge >= 0.3 is 5.97 Å². The summed E-state index contributed by atoms with van der Waals surface area (Å²) in [5, 5.41) is 7.47. The molecule has 0 amide bonds. The molecule has 2 aromatic heterocycles. The molecule has 31 heavy (non-hydrogen) atoms. The van der Waals surface area contributed by atoms with Crippen molar-refractivity contribution in [2.45, 2.75) is 30.3 Å². The minimum absolute atomic E-state index is 0.0137. The number of rotatable bonds is 4. The standard InChI is InChI=1S/C24H22N4O3/c1-28-13-15(11-27-28)19-6-5-16(12-26-19)23(7-8-23)21(29)17-3-2-4-18-20(17)22(30)31-24(18)9-10-25-14-24/h2-6,11-13,25H,7-10,14H2,1H3. The largest absolute Gasteiger partial charge is 0.449 e. The summed E-state index contributed by atoms with van der Waals surface area (Å²) in [6.07, 6.45) is 7.71. The Bertz CT molecular complexity index is 1220. The monoisotopic (exact) mass is 414 g/mol. The van der Waals surface area contributed by atoms with Crippen molar-refractivity contribution in [2.75, 3.05) is 13.1 Å². The first-order valence-electron chi connectivity index (χ1n) is 10.6. The van der Waals surface area contributed by atoms with Gasteiger partial charge in [0.05, 0.1) is 22.9 Å². The van der Waals surface area contributed by atoms with Crippen LogP contribution in [-0.4, -0.2) is 39.6 Å². The van der Waals surface area contributed by atoms with Gasteiger partial charge < -0.3 is 10.1 Å². The van der Waals surface area contributed by atoms with Crippen LogP contribution in [0, 0.1) is 0 Å². The Morgan fingerprint density at radius 1 is 1.16 bits per heavy atom. The van der Waals surface area contributed by atoms with Gasteiger partial charge in [-0.25, -0.2) is 4.79 Å². The predicted octanol–water partition coefficient (Wildman–Crippen LogP) is 2.76. The molecule has 0 bridgehead atoms. The smallest absolute Gasteiger partial charge is 0.340 e. The molecule has 1 saturated heterocycles. The van der Waals surface area contributed by atoms with E-state index < -0.39 is 11.0 Å². The third-order valence-electron chi connectivity index (χ3n) is 6.91. The zero-order valence-electron chi connectivity index (χ0n) is 17.2. The summed E-state index contributed by atoms with van der Waals surface area (Å²) in [6, 6.07) is 9.47. The molecule has 1 N–H and O–H groups in total. The van der Waals surface area contributed by atoms with Crippen LogP contribution in [0.2, 0.25) is 0 Å². The lowest BCUT2D eigenvalue weighted by molar-refractivity contribution is 0.00158. The van der Waals surface area contributed by atoms with Crippen LogP contribution in [0.4, 0.5) is 0 Å². The lowest BCUT2D eigenvalue weighted by Crippen LogP contribution is -2.28. The van der Waals surface area contributed by atoms with E-state index in [0.29, 0.717) is 17.7 Å². The second-order valence-corrected chi connectivity index (χ2v) is 8.78.